The highest BCUT2D eigenvalue weighted by molar-refractivity contribution is 5.89. The van der Waals surface area contributed by atoms with Gasteiger partial charge in [-0.2, -0.15) is 0 Å². The molecule has 0 bridgehead atoms. The van der Waals surface area contributed by atoms with Gasteiger partial charge in [0.2, 0.25) is 5.91 Å². The molecule has 2 unspecified atom stereocenters. The molecule has 0 aromatic heterocycles. The van der Waals surface area contributed by atoms with Crippen molar-refractivity contribution in [3.8, 4) is 0 Å². The van der Waals surface area contributed by atoms with Crippen LogP contribution in [-0.2, 0) is 9.59 Å². The molecule has 1 aromatic rings. The van der Waals surface area contributed by atoms with Crippen LogP contribution in [0.3, 0.4) is 0 Å². The second-order valence-corrected chi connectivity index (χ2v) is 5.80. The van der Waals surface area contributed by atoms with E-state index in [0.29, 0.717) is 13.0 Å². The summed E-state index contributed by atoms with van der Waals surface area (Å²) in [5, 5.41) is 9.29. The summed E-state index contributed by atoms with van der Waals surface area (Å²) in [5.74, 6) is -0.997. The molecule has 114 valence electrons. The molecule has 1 N–H and O–H groups in total. The standard InChI is InChI=1S/C17H23NO3/c1-3-12(2)15(13-8-5-4-6-9-13)16(19)18-11-7-10-14(18)17(20)21/h4-6,8-9,12,14-15H,3,7,10-11H2,1-2H3,(H,20,21)/t12?,14-,15?/m1/s1. The lowest BCUT2D eigenvalue weighted by atomic mass is 9.84. The second-order valence-electron chi connectivity index (χ2n) is 5.80. The monoisotopic (exact) mass is 289 g/mol. The quantitative estimate of drug-likeness (QED) is 0.906. The van der Waals surface area contributed by atoms with Gasteiger partial charge in [-0.1, -0.05) is 50.6 Å². The molecule has 1 aliphatic heterocycles. The van der Waals surface area contributed by atoms with Crippen LogP contribution in [0.2, 0.25) is 0 Å². The van der Waals surface area contributed by atoms with Crippen molar-refractivity contribution >= 4 is 11.9 Å². The lowest BCUT2D eigenvalue weighted by Gasteiger charge is -2.30. The third-order valence-corrected chi connectivity index (χ3v) is 4.46. The SMILES string of the molecule is CCC(C)C(C(=O)N1CCC[C@@H]1C(=O)O)c1ccccc1. The van der Waals surface area contributed by atoms with Gasteiger partial charge in [0.25, 0.3) is 0 Å². The van der Waals surface area contributed by atoms with E-state index in [2.05, 4.69) is 13.8 Å². The smallest absolute Gasteiger partial charge is 0.326 e. The number of nitrogens with zero attached hydrogens (tertiary/aromatic N) is 1. The van der Waals surface area contributed by atoms with Crippen LogP contribution in [0.1, 0.15) is 44.6 Å². The molecule has 3 atom stereocenters. The molecule has 1 aromatic carbocycles. The molecular formula is C17H23NO3. The predicted molar refractivity (Wildman–Crippen MR) is 81.0 cm³/mol. The van der Waals surface area contributed by atoms with Gasteiger partial charge < -0.3 is 10.0 Å². The van der Waals surface area contributed by atoms with Crippen molar-refractivity contribution in [2.75, 3.05) is 6.54 Å². The van der Waals surface area contributed by atoms with E-state index in [0.717, 1.165) is 18.4 Å². The maximum absolute atomic E-state index is 12.9. The van der Waals surface area contributed by atoms with Crippen LogP contribution in [0.4, 0.5) is 0 Å². The number of aliphatic carboxylic acids is 1. The normalized spacial score (nSPS) is 21.0. The molecule has 1 fully saturated rings. The van der Waals surface area contributed by atoms with E-state index < -0.39 is 12.0 Å². The highest BCUT2D eigenvalue weighted by Gasteiger charge is 2.38. The Labute approximate surface area is 125 Å². The van der Waals surface area contributed by atoms with Crippen LogP contribution in [0.5, 0.6) is 0 Å². The van der Waals surface area contributed by atoms with Gasteiger partial charge in [0, 0.05) is 6.54 Å². The van der Waals surface area contributed by atoms with E-state index in [1.54, 1.807) is 4.90 Å². The zero-order chi connectivity index (χ0) is 15.4. The lowest BCUT2D eigenvalue weighted by Crippen LogP contribution is -2.44. The molecule has 0 saturated carbocycles. The fourth-order valence-electron chi connectivity index (χ4n) is 3.08. The third kappa shape index (κ3) is 3.26. The Hall–Kier alpha value is -1.84. The van der Waals surface area contributed by atoms with Crippen molar-refractivity contribution in [1.82, 2.24) is 4.90 Å². The van der Waals surface area contributed by atoms with Crippen molar-refractivity contribution in [2.45, 2.75) is 45.1 Å². The number of carboxylic acid groups (broad SMARTS) is 1. The van der Waals surface area contributed by atoms with Crippen molar-refractivity contribution in [1.29, 1.82) is 0 Å². The Kier molecular flexibility index (Phi) is 4.99. The number of benzene rings is 1. The minimum absolute atomic E-state index is 0.0412. The molecule has 1 saturated heterocycles. The average Bonchev–Trinajstić information content (AvgIpc) is 2.98. The number of carbonyl (C=O) groups is 2. The van der Waals surface area contributed by atoms with Gasteiger partial charge in [0.05, 0.1) is 5.92 Å². The number of likely N-dealkylation sites (tertiary alicyclic amines) is 1. The average molecular weight is 289 g/mol. The first-order valence-electron chi connectivity index (χ1n) is 7.64. The van der Waals surface area contributed by atoms with E-state index in [1.165, 1.54) is 0 Å². The molecule has 1 aliphatic rings. The van der Waals surface area contributed by atoms with Gasteiger partial charge in [-0.25, -0.2) is 4.79 Å². The van der Waals surface area contributed by atoms with Crippen molar-refractivity contribution in [3.63, 3.8) is 0 Å². The topological polar surface area (TPSA) is 57.6 Å². The van der Waals surface area contributed by atoms with E-state index in [9.17, 15) is 14.7 Å². The van der Waals surface area contributed by atoms with Crippen molar-refractivity contribution in [3.05, 3.63) is 35.9 Å². The summed E-state index contributed by atoms with van der Waals surface area (Å²) in [5.41, 5.74) is 0.980. The fraction of sp³-hybridized carbons (Fsp3) is 0.529. The highest BCUT2D eigenvalue weighted by Crippen LogP contribution is 2.31. The van der Waals surface area contributed by atoms with E-state index >= 15 is 0 Å². The van der Waals surface area contributed by atoms with Crippen molar-refractivity contribution < 1.29 is 14.7 Å². The molecular weight excluding hydrogens is 266 g/mol. The van der Waals surface area contributed by atoms with Gasteiger partial charge in [0.15, 0.2) is 0 Å². The van der Waals surface area contributed by atoms with Crippen LogP contribution >= 0.6 is 0 Å². The maximum Gasteiger partial charge on any atom is 0.326 e. The minimum atomic E-state index is -0.892. The molecule has 21 heavy (non-hydrogen) atoms. The van der Waals surface area contributed by atoms with Crippen LogP contribution in [0.15, 0.2) is 30.3 Å². The summed E-state index contributed by atoms with van der Waals surface area (Å²) in [6.07, 6.45) is 2.21. The molecule has 4 heteroatoms. The first-order valence-corrected chi connectivity index (χ1v) is 7.64. The first-order chi connectivity index (χ1) is 10.1. The fourth-order valence-corrected chi connectivity index (χ4v) is 3.08. The van der Waals surface area contributed by atoms with Gasteiger partial charge in [0.1, 0.15) is 6.04 Å². The Bertz CT molecular complexity index is 500. The van der Waals surface area contributed by atoms with Crippen LogP contribution in [0, 0.1) is 5.92 Å². The predicted octanol–water partition coefficient (Wildman–Crippen LogP) is 2.89. The maximum atomic E-state index is 12.9. The Morgan fingerprint density at radius 1 is 1.33 bits per heavy atom. The highest BCUT2D eigenvalue weighted by atomic mass is 16.4. The molecule has 0 aliphatic carbocycles. The molecule has 4 nitrogen and oxygen atoms in total. The zero-order valence-corrected chi connectivity index (χ0v) is 12.7. The zero-order valence-electron chi connectivity index (χ0n) is 12.7. The minimum Gasteiger partial charge on any atom is -0.480 e. The number of hydrogen-bond acceptors (Lipinski definition) is 2. The molecule has 2 rings (SSSR count). The van der Waals surface area contributed by atoms with Gasteiger partial charge in [-0.05, 0) is 24.3 Å². The molecule has 1 heterocycles. The van der Waals surface area contributed by atoms with Gasteiger partial charge >= 0.3 is 5.97 Å². The van der Waals surface area contributed by atoms with Crippen LogP contribution in [-0.4, -0.2) is 34.5 Å². The Morgan fingerprint density at radius 3 is 2.57 bits per heavy atom. The van der Waals surface area contributed by atoms with Gasteiger partial charge in [-0.15, -0.1) is 0 Å². The van der Waals surface area contributed by atoms with Crippen LogP contribution < -0.4 is 0 Å². The summed E-state index contributed by atoms with van der Waals surface area (Å²) in [4.78, 5) is 25.8. The van der Waals surface area contributed by atoms with Crippen molar-refractivity contribution in [2.24, 2.45) is 5.92 Å². The Balaban J connectivity index is 2.29. The summed E-state index contributed by atoms with van der Waals surface area (Å²) in [6, 6.07) is 9.04. The number of hydrogen-bond donors (Lipinski definition) is 1. The summed E-state index contributed by atoms with van der Waals surface area (Å²) in [6.45, 7) is 4.67. The Morgan fingerprint density at radius 2 is 2.00 bits per heavy atom. The lowest BCUT2D eigenvalue weighted by molar-refractivity contribution is -0.149. The first kappa shape index (κ1) is 15.5. The molecule has 0 spiro atoms. The van der Waals surface area contributed by atoms with E-state index in [1.807, 2.05) is 30.3 Å². The largest absolute Gasteiger partial charge is 0.480 e. The summed E-state index contributed by atoms with van der Waals surface area (Å²) in [7, 11) is 0. The summed E-state index contributed by atoms with van der Waals surface area (Å²) >= 11 is 0. The van der Waals surface area contributed by atoms with E-state index in [-0.39, 0.29) is 17.7 Å². The van der Waals surface area contributed by atoms with E-state index in [4.69, 9.17) is 0 Å². The molecule has 0 radical (unpaired) electrons. The number of rotatable bonds is 5. The summed E-state index contributed by atoms with van der Waals surface area (Å²) < 4.78 is 0. The van der Waals surface area contributed by atoms with Gasteiger partial charge in [-0.3, -0.25) is 4.79 Å². The number of carboxylic acids is 1. The molecule has 1 amide bonds. The number of amides is 1. The third-order valence-electron chi connectivity index (χ3n) is 4.46. The number of carbonyl (C=O) groups excluding carboxylic acids is 1. The van der Waals surface area contributed by atoms with Crippen LogP contribution in [0.25, 0.3) is 0 Å². The second kappa shape index (κ2) is 6.74.